The lowest BCUT2D eigenvalue weighted by Crippen LogP contribution is -2.15. The quantitative estimate of drug-likeness (QED) is 0.478. The third kappa shape index (κ3) is 8.11. The van der Waals surface area contributed by atoms with E-state index in [1.165, 1.54) is 0 Å². The molecule has 0 aliphatic carbocycles. The van der Waals surface area contributed by atoms with Crippen molar-refractivity contribution in [2.75, 3.05) is 19.1 Å². The number of rotatable bonds is 7. The Balaban J connectivity index is 3.02. The Hall–Kier alpha value is 0.210. The van der Waals surface area contributed by atoms with Crippen LogP contribution in [0, 0.1) is 0 Å². The first kappa shape index (κ1) is 11.2. The van der Waals surface area contributed by atoms with E-state index in [0.717, 1.165) is 25.9 Å². The van der Waals surface area contributed by atoms with Crippen molar-refractivity contribution in [3.05, 3.63) is 0 Å². The smallest absolute Gasteiger partial charge is 0.0774 e. The van der Waals surface area contributed by atoms with Crippen LogP contribution in [0.1, 0.15) is 26.2 Å². The van der Waals surface area contributed by atoms with Crippen molar-refractivity contribution in [1.82, 2.24) is 0 Å². The van der Waals surface area contributed by atoms with Gasteiger partial charge in [-0.15, -0.1) is 11.6 Å². The maximum atomic E-state index is 9.22. The highest BCUT2D eigenvalue weighted by Crippen LogP contribution is 1.99. The van der Waals surface area contributed by atoms with Gasteiger partial charge in [0.15, 0.2) is 0 Å². The van der Waals surface area contributed by atoms with Gasteiger partial charge in [-0.25, -0.2) is 0 Å². The van der Waals surface area contributed by atoms with E-state index in [9.17, 15) is 5.11 Å². The molecular weight excluding hydrogens is 164 g/mol. The molecule has 1 N–H and O–H groups in total. The predicted octanol–water partition coefficient (Wildman–Crippen LogP) is 1.79. The van der Waals surface area contributed by atoms with E-state index in [0.29, 0.717) is 12.5 Å². The highest BCUT2D eigenvalue weighted by Gasteiger charge is 2.02. The summed E-state index contributed by atoms with van der Waals surface area (Å²) in [7, 11) is 0. The normalized spacial score (nSPS) is 13.4. The summed E-state index contributed by atoms with van der Waals surface area (Å²) in [6.45, 7) is 3.23. The molecule has 0 heterocycles. The number of ether oxygens (including phenoxy) is 1. The van der Waals surface area contributed by atoms with Crippen molar-refractivity contribution in [3.8, 4) is 0 Å². The van der Waals surface area contributed by atoms with Crippen LogP contribution < -0.4 is 0 Å². The molecule has 1 atom stereocenters. The molecule has 0 aromatic heterocycles. The summed E-state index contributed by atoms with van der Waals surface area (Å²) < 4.78 is 5.15. The lowest BCUT2D eigenvalue weighted by atomic mass is 10.2. The molecule has 0 bridgehead atoms. The van der Waals surface area contributed by atoms with Gasteiger partial charge < -0.3 is 9.84 Å². The Morgan fingerprint density at radius 1 is 1.55 bits per heavy atom. The molecule has 0 aliphatic rings. The minimum Gasteiger partial charge on any atom is -0.391 e. The average Bonchev–Trinajstić information content (AvgIpc) is 2.01. The summed E-state index contributed by atoms with van der Waals surface area (Å²) in [5.41, 5.74) is 0. The first-order chi connectivity index (χ1) is 5.31. The number of alkyl halides is 1. The minimum atomic E-state index is -0.333. The molecule has 0 radical (unpaired) electrons. The highest BCUT2D eigenvalue weighted by molar-refractivity contribution is 6.17. The fraction of sp³-hybridized carbons (Fsp3) is 1.00. The van der Waals surface area contributed by atoms with Crippen molar-refractivity contribution in [3.63, 3.8) is 0 Å². The zero-order chi connectivity index (χ0) is 8.53. The first-order valence-electron chi connectivity index (χ1n) is 4.13. The Bertz CT molecular complexity index is 78.5. The van der Waals surface area contributed by atoms with Gasteiger partial charge in [-0.05, 0) is 19.3 Å². The summed E-state index contributed by atoms with van der Waals surface area (Å²) in [5, 5.41) is 9.22. The largest absolute Gasteiger partial charge is 0.391 e. The van der Waals surface area contributed by atoms with Gasteiger partial charge in [0.25, 0.3) is 0 Å². The number of aliphatic hydroxyl groups is 1. The Morgan fingerprint density at radius 3 is 2.82 bits per heavy atom. The van der Waals surface area contributed by atoms with E-state index in [2.05, 4.69) is 0 Å². The molecule has 0 amide bonds. The lowest BCUT2D eigenvalue weighted by molar-refractivity contribution is 0.0326. The van der Waals surface area contributed by atoms with E-state index >= 15 is 0 Å². The molecule has 0 fully saturated rings. The summed E-state index contributed by atoms with van der Waals surface area (Å²) in [6, 6.07) is 0. The fourth-order valence-corrected chi connectivity index (χ4v) is 0.914. The molecular formula is C8H17ClO2. The Morgan fingerprint density at radius 2 is 2.27 bits per heavy atom. The van der Waals surface area contributed by atoms with Gasteiger partial charge in [-0.1, -0.05) is 6.92 Å². The van der Waals surface area contributed by atoms with Gasteiger partial charge in [-0.2, -0.15) is 0 Å². The maximum Gasteiger partial charge on any atom is 0.0774 e. The van der Waals surface area contributed by atoms with Crippen LogP contribution in [0.15, 0.2) is 0 Å². The molecule has 1 unspecified atom stereocenters. The number of aliphatic hydroxyl groups excluding tert-OH is 1. The molecule has 0 aliphatic heterocycles. The van der Waals surface area contributed by atoms with E-state index < -0.39 is 0 Å². The second kappa shape index (κ2) is 8.31. The molecule has 3 heteroatoms. The van der Waals surface area contributed by atoms with Crippen molar-refractivity contribution < 1.29 is 9.84 Å². The molecule has 0 saturated carbocycles. The topological polar surface area (TPSA) is 29.5 Å². The second-order valence-corrected chi connectivity index (χ2v) is 2.94. The molecule has 2 nitrogen and oxygen atoms in total. The van der Waals surface area contributed by atoms with Crippen molar-refractivity contribution in [1.29, 1.82) is 0 Å². The molecule has 0 aromatic carbocycles. The molecule has 0 saturated heterocycles. The van der Waals surface area contributed by atoms with Crippen LogP contribution >= 0.6 is 11.6 Å². The zero-order valence-electron chi connectivity index (χ0n) is 7.05. The summed E-state index contributed by atoms with van der Waals surface area (Å²) in [4.78, 5) is 0. The lowest BCUT2D eigenvalue weighted by Gasteiger charge is -2.08. The number of halogens is 1. The summed E-state index contributed by atoms with van der Waals surface area (Å²) in [5.74, 6) is 0.616. The average molecular weight is 181 g/mol. The third-order valence-electron chi connectivity index (χ3n) is 1.33. The van der Waals surface area contributed by atoms with E-state index in [1.807, 2.05) is 6.92 Å². The van der Waals surface area contributed by atoms with Gasteiger partial charge >= 0.3 is 0 Å². The molecule has 0 aromatic rings. The summed E-state index contributed by atoms with van der Waals surface area (Å²) in [6.07, 6.45) is 2.27. The van der Waals surface area contributed by atoms with Crippen LogP contribution in [0.2, 0.25) is 0 Å². The van der Waals surface area contributed by atoms with Crippen LogP contribution in [-0.4, -0.2) is 30.3 Å². The van der Waals surface area contributed by atoms with Crippen LogP contribution in [0.25, 0.3) is 0 Å². The maximum absolute atomic E-state index is 9.22. The molecule has 11 heavy (non-hydrogen) atoms. The van der Waals surface area contributed by atoms with E-state index in [4.69, 9.17) is 16.3 Å². The van der Waals surface area contributed by atoms with Gasteiger partial charge in [-0.3, -0.25) is 0 Å². The second-order valence-electron chi connectivity index (χ2n) is 2.56. The van der Waals surface area contributed by atoms with Crippen LogP contribution in [0.3, 0.4) is 0 Å². The van der Waals surface area contributed by atoms with Crippen LogP contribution in [0.4, 0.5) is 0 Å². The van der Waals surface area contributed by atoms with Crippen molar-refractivity contribution in [2.24, 2.45) is 0 Å². The van der Waals surface area contributed by atoms with E-state index in [1.54, 1.807) is 0 Å². The Labute approximate surface area is 73.5 Å². The minimum absolute atomic E-state index is 0.333. The molecule has 0 spiro atoms. The monoisotopic (exact) mass is 180 g/mol. The number of hydrogen-bond donors (Lipinski definition) is 1. The first-order valence-corrected chi connectivity index (χ1v) is 4.66. The van der Waals surface area contributed by atoms with Crippen molar-refractivity contribution >= 4 is 11.6 Å². The number of hydrogen-bond acceptors (Lipinski definition) is 2. The fourth-order valence-electron chi connectivity index (χ4n) is 0.760. The van der Waals surface area contributed by atoms with E-state index in [-0.39, 0.29) is 6.10 Å². The SMILES string of the molecule is CCCOCC(O)CCCCl. The third-order valence-corrected chi connectivity index (χ3v) is 1.60. The predicted molar refractivity (Wildman–Crippen MR) is 47.1 cm³/mol. The Kier molecular flexibility index (Phi) is 8.47. The molecule has 68 valence electrons. The highest BCUT2D eigenvalue weighted by atomic mass is 35.5. The van der Waals surface area contributed by atoms with Gasteiger partial charge in [0, 0.05) is 12.5 Å². The standard InChI is InChI=1S/C8H17ClO2/c1-2-6-11-7-8(10)4-3-5-9/h8,10H,2-7H2,1H3. The van der Waals surface area contributed by atoms with Crippen LogP contribution in [-0.2, 0) is 4.74 Å². The van der Waals surface area contributed by atoms with Gasteiger partial charge in [0.05, 0.1) is 12.7 Å². The van der Waals surface area contributed by atoms with Crippen molar-refractivity contribution in [2.45, 2.75) is 32.3 Å². The van der Waals surface area contributed by atoms with Gasteiger partial charge in [0.1, 0.15) is 0 Å². The van der Waals surface area contributed by atoms with Crippen LogP contribution in [0.5, 0.6) is 0 Å². The summed E-state index contributed by atoms with van der Waals surface area (Å²) >= 11 is 5.45. The zero-order valence-corrected chi connectivity index (χ0v) is 7.81. The van der Waals surface area contributed by atoms with Gasteiger partial charge in [0.2, 0.25) is 0 Å². The molecule has 0 rings (SSSR count).